The van der Waals surface area contributed by atoms with Gasteiger partial charge in [0.05, 0.1) is 26.3 Å². The minimum atomic E-state index is -0.352. The van der Waals surface area contributed by atoms with E-state index in [0.717, 1.165) is 67.4 Å². The molecule has 3 atom stereocenters. The number of benzene rings is 2. The zero-order valence-electron chi connectivity index (χ0n) is 23.9. The van der Waals surface area contributed by atoms with Crippen LogP contribution < -0.4 is 9.47 Å². The van der Waals surface area contributed by atoms with Gasteiger partial charge in [0.1, 0.15) is 18.2 Å². The Balaban J connectivity index is 1.30. The second-order valence-electron chi connectivity index (χ2n) is 12.4. The zero-order valence-corrected chi connectivity index (χ0v) is 23.9. The van der Waals surface area contributed by atoms with E-state index in [0.29, 0.717) is 24.0 Å². The number of halogens is 1. The second-order valence-corrected chi connectivity index (χ2v) is 12.4. The summed E-state index contributed by atoms with van der Waals surface area (Å²) in [5, 5.41) is 0. The van der Waals surface area contributed by atoms with Crippen LogP contribution in [-0.2, 0) is 28.0 Å². The predicted molar refractivity (Wildman–Crippen MR) is 152 cm³/mol. The number of aryl methyl sites for hydroxylation is 1. The van der Waals surface area contributed by atoms with E-state index in [1.807, 2.05) is 18.2 Å². The van der Waals surface area contributed by atoms with Gasteiger partial charge in [-0.2, -0.15) is 0 Å². The van der Waals surface area contributed by atoms with Crippen LogP contribution in [0.15, 0.2) is 48.7 Å². The van der Waals surface area contributed by atoms with Gasteiger partial charge in [-0.05, 0) is 89.8 Å². The van der Waals surface area contributed by atoms with Gasteiger partial charge in [0.25, 0.3) is 0 Å². The van der Waals surface area contributed by atoms with Gasteiger partial charge in [-0.15, -0.1) is 0 Å². The number of rotatable bonds is 7. The smallest absolute Gasteiger partial charge is 0.309 e. The van der Waals surface area contributed by atoms with E-state index < -0.39 is 0 Å². The van der Waals surface area contributed by atoms with Crippen LogP contribution in [0, 0.1) is 17.2 Å². The fourth-order valence-electron chi connectivity index (χ4n) is 7.61. The maximum atomic E-state index is 15.1. The molecule has 40 heavy (non-hydrogen) atoms. The molecule has 210 valence electrons. The number of carbonyl (C=O) groups is 1. The Labute approximate surface area is 236 Å². The molecule has 3 aromatic rings. The molecule has 1 spiro atoms. The van der Waals surface area contributed by atoms with E-state index in [1.165, 1.54) is 24.4 Å². The van der Waals surface area contributed by atoms with Crippen LogP contribution in [0.5, 0.6) is 11.6 Å². The van der Waals surface area contributed by atoms with Crippen molar-refractivity contribution in [1.82, 2.24) is 4.98 Å². The van der Waals surface area contributed by atoms with Crippen LogP contribution >= 0.6 is 0 Å². The molecule has 0 aliphatic heterocycles. The van der Waals surface area contributed by atoms with Gasteiger partial charge in [-0.25, -0.2) is 9.37 Å². The van der Waals surface area contributed by atoms with Crippen LogP contribution in [0.1, 0.15) is 80.5 Å². The molecule has 0 unspecified atom stereocenters. The molecular formula is C34H38FNO4. The van der Waals surface area contributed by atoms with E-state index in [4.69, 9.17) is 14.2 Å². The van der Waals surface area contributed by atoms with Crippen LogP contribution in [0.2, 0.25) is 0 Å². The zero-order chi connectivity index (χ0) is 28.1. The summed E-state index contributed by atoms with van der Waals surface area (Å²) in [5.41, 5.74) is 6.17. The lowest BCUT2D eigenvalue weighted by Crippen LogP contribution is -2.47. The molecule has 3 aliphatic rings. The predicted octanol–water partition coefficient (Wildman–Crippen LogP) is 7.54. The lowest BCUT2D eigenvalue weighted by Gasteiger charge is -2.46. The van der Waals surface area contributed by atoms with Crippen LogP contribution in [0.25, 0.3) is 11.1 Å². The Morgan fingerprint density at radius 3 is 2.58 bits per heavy atom. The molecule has 0 amide bonds. The average Bonchev–Trinajstić information content (AvgIpc) is 3.51. The molecule has 6 rings (SSSR count). The quantitative estimate of drug-likeness (QED) is 0.288. The SMILES string of the molecule is COC(=O)[C@H]1CC[C@]12CCc1ccc(OCc3ccc(-c4cc(OC)ncc4F)c([C@@H]4CCCC4(C)C)c3)cc12. The number of aromatic nitrogens is 1. The monoisotopic (exact) mass is 543 g/mol. The number of esters is 1. The molecule has 0 N–H and O–H groups in total. The third-order valence-corrected chi connectivity index (χ3v) is 9.97. The lowest BCUT2D eigenvalue weighted by atomic mass is 9.57. The maximum Gasteiger partial charge on any atom is 0.309 e. The van der Waals surface area contributed by atoms with E-state index in [2.05, 4.69) is 37.0 Å². The molecule has 2 aromatic carbocycles. The van der Waals surface area contributed by atoms with Crippen molar-refractivity contribution in [1.29, 1.82) is 0 Å². The molecule has 1 heterocycles. The topological polar surface area (TPSA) is 57.7 Å². The third-order valence-electron chi connectivity index (χ3n) is 9.97. The lowest BCUT2D eigenvalue weighted by molar-refractivity contribution is -0.153. The highest BCUT2D eigenvalue weighted by atomic mass is 19.1. The van der Waals surface area contributed by atoms with Crippen molar-refractivity contribution in [2.45, 2.75) is 76.7 Å². The number of nitrogens with zero attached hydrogens (tertiary/aromatic N) is 1. The van der Waals surface area contributed by atoms with E-state index >= 15 is 4.39 Å². The summed E-state index contributed by atoms with van der Waals surface area (Å²) in [5.74, 6) is 1.01. The van der Waals surface area contributed by atoms with Gasteiger partial charge in [0.15, 0.2) is 0 Å². The number of fused-ring (bicyclic) bond motifs is 2. The van der Waals surface area contributed by atoms with Crippen molar-refractivity contribution in [3.05, 3.63) is 76.7 Å². The molecule has 1 aromatic heterocycles. The Morgan fingerprint density at radius 2 is 1.88 bits per heavy atom. The number of pyridine rings is 1. The third kappa shape index (κ3) is 4.46. The molecule has 0 radical (unpaired) electrons. The van der Waals surface area contributed by atoms with Crippen molar-refractivity contribution in [2.24, 2.45) is 11.3 Å². The summed E-state index contributed by atoms with van der Waals surface area (Å²) in [4.78, 5) is 16.5. The summed E-state index contributed by atoms with van der Waals surface area (Å²) in [7, 11) is 3.03. The molecule has 5 nitrogen and oxygen atoms in total. The van der Waals surface area contributed by atoms with Crippen molar-refractivity contribution < 1.29 is 23.4 Å². The molecule has 6 heteroatoms. The number of carbonyl (C=O) groups excluding carboxylic acids is 1. The normalized spacial score (nSPS) is 24.4. The van der Waals surface area contributed by atoms with Crippen molar-refractivity contribution in [3.63, 3.8) is 0 Å². The fraction of sp³-hybridized carbons (Fsp3) is 0.471. The number of hydrogen-bond donors (Lipinski definition) is 0. The van der Waals surface area contributed by atoms with Gasteiger partial charge in [0, 0.05) is 17.0 Å². The summed E-state index contributed by atoms with van der Waals surface area (Å²) < 4.78 is 31.8. The highest BCUT2D eigenvalue weighted by molar-refractivity contribution is 5.77. The van der Waals surface area contributed by atoms with Gasteiger partial charge in [-0.1, -0.05) is 44.5 Å². The molecule has 3 aliphatic carbocycles. The summed E-state index contributed by atoms with van der Waals surface area (Å²) >= 11 is 0. The average molecular weight is 544 g/mol. The Bertz CT molecular complexity index is 1450. The summed E-state index contributed by atoms with van der Waals surface area (Å²) in [6.07, 6.45) is 8.48. The Morgan fingerprint density at radius 1 is 1.02 bits per heavy atom. The number of ether oxygens (including phenoxy) is 3. The Hall–Kier alpha value is -3.41. The van der Waals surface area contributed by atoms with Gasteiger partial charge >= 0.3 is 5.97 Å². The number of methoxy groups -OCH3 is 2. The van der Waals surface area contributed by atoms with Gasteiger partial charge in [0.2, 0.25) is 5.88 Å². The highest BCUT2D eigenvalue weighted by Crippen LogP contribution is 2.57. The molecule has 2 saturated carbocycles. The van der Waals surface area contributed by atoms with E-state index in [9.17, 15) is 4.79 Å². The van der Waals surface area contributed by atoms with Crippen molar-refractivity contribution in [3.8, 4) is 22.8 Å². The highest BCUT2D eigenvalue weighted by Gasteiger charge is 2.55. The summed E-state index contributed by atoms with van der Waals surface area (Å²) in [6.45, 7) is 5.03. The van der Waals surface area contributed by atoms with E-state index in [-0.39, 0.29) is 28.5 Å². The minimum absolute atomic E-state index is 0.0638. The largest absolute Gasteiger partial charge is 0.489 e. The number of hydrogen-bond acceptors (Lipinski definition) is 5. The molecular weight excluding hydrogens is 505 g/mol. The first-order valence-electron chi connectivity index (χ1n) is 14.4. The van der Waals surface area contributed by atoms with Gasteiger partial charge < -0.3 is 14.2 Å². The minimum Gasteiger partial charge on any atom is -0.489 e. The summed E-state index contributed by atoms with van der Waals surface area (Å²) in [6, 6.07) is 14.3. The molecule has 2 fully saturated rings. The Kier molecular flexibility index (Phi) is 6.84. The van der Waals surface area contributed by atoms with Crippen LogP contribution in [-0.4, -0.2) is 25.2 Å². The van der Waals surface area contributed by atoms with Crippen molar-refractivity contribution >= 4 is 5.97 Å². The molecule has 0 bridgehead atoms. The standard InChI is InChI=1S/C34H38FNO4/c1-33(2)13-5-6-27(33)25-16-21(7-10-24(25)26-18-31(38-3)36-19-30(26)35)20-40-23-9-8-22-11-14-34(29(22)17-23)15-12-28(34)32(37)39-4/h7-10,16-19,27-28H,5-6,11-15,20H2,1-4H3/t27-,28+,34+/m0/s1. The van der Waals surface area contributed by atoms with Gasteiger partial charge in [-0.3, -0.25) is 4.79 Å². The first-order chi connectivity index (χ1) is 19.3. The maximum absolute atomic E-state index is 15.1. The second kappa shape index (κ2) is 10.2. The van der Waals surface area contributed by atoms with Crippen molar-refractivity contribution in [2.75, 3.05) is 14.2 Å². The van der Waals surface area contributed by atoms with E-state index in [1.54, 1.807) is 13.2 Å². The van der Waals surface area contributed by atoms with Crippen LogP contribution in [0.3, 0.4) is 0 Å². The first-order valence-corrected chi connectivity index (χ1v) is 14.4. The fourth-order valence-corrected chi connectivity index (χ4v) is 7.61. The first kappa shape index (κ1) is 26.8. The van der Waals surface area contributed by atoms with Crippen LogP contribution in [0.4, 0.5) is 4.39 Å². The molecule has 0 saturated heterocycles.